The maximum Gasteiger partial charge on any atom is 0.272 e. The maximum absolute atomic E-state index is 13.4. The van der Waals surface area contributed by atoms with E-state index in [0.29, 0.717) is 16.6 Å². The van der Waals surface area contributed by atoms with E-state index in [2.05, 4.69) is 20.5 Å². The van der Waals surface area contributed by atoms with E-state index in [0.717, 1.165) is 42.1 Å². The summed E-state index contributed by atoms with van der Waals surface area (Å²) in [5, 5.41) is 12.4. The Labute approximate surface area is 171 Å². The van der Waals surface area contributed by atoms with Gasteiger partial charge in [0, 0.05) is 28.2 Å². The smallest absolute Gasteiger partial charge is 0.272 e. The fourth-order valence-corrected chi connectivity index (χ4v) is 4.44. The SMILES string of the molecule is O=C(N[C@H]1CC[C@H](c2n[nH]c(=O)c3ccccc32)CC1)c1cc2ccc(F)cc2[nH]1. The van der Waals surface area contributed by atoms with Gasteiger partial charge in [-0.25, -0.2) is 9.49 Å². The number of aromatic nitrogens is 3. The lowest BCUT2D eigenvalue weighted by molar-refractivity contribution is 0.0921. The lowest BCUT2D eigenvalue weighted by atomic mass is 9.82. The number of aromatic amines is 2. The van der Waals surface area contributed by atoms with Gasteiger partial charge in [-0.1, -0.05) is 18.2 Å². The Hall–Kier alpha value is -3.48. The quantitative estimate of drug-likeness (QED) is 0.482. The van der Waals surface area contributed by atoms with Crippen LogP contribution in [0.2, 0.25) is 0 Å². The van der Waals surface area contributed by atoms with Crippen LogP contribution in [0.25, 0.3) is 21.7 Å². The molecule has 0 aliphatic heterocycles. The molecule has 2 heterocycles. The molecule has 1 amide bonds. The summed E-state index contributed by atoms with van der Waals surface area (Å²) in [6, 6.07) is 13.8. The minimum Gasteiger partial charge on any atom is -0.350 e. The zero-order chi connectivity index (χ0) is 20.7. The molecule has 1 fully saturated rings. The number of fused-ring (bicyclic) bond motifs is 2. The highest BCUT2D eigenvalue weighted by Gasteiger charge is 2.26. The Kier molecular flexibility index (Phi) is 4.58. The third-order valence-corrected chi connectivity index (χ3v) is 6.00. The number of benzene rings is 2. The van der Waals surface area contributed by atoms with Crippen molar-refractivity contribution in [2.24, 2.45) is 0 Å². The molecule has 152 valence electrons. The summed E-state index contributed by atoms with van der Waals surface area (Å²) in [5.74, 6) is -0.267. The zero-order valence-electron chi connectivity index (χ0n) is 16.2. The van der Waals surface area contributed by atoms with Gasteiger partial charge >= 0.3 is 0 Å². The second-order valence-corrected chi connectivity index (χ2v) is 7.92. The Morgan fingerprint density at radius 1 is 1.03 bits per heavy atom. The molecule has 5 rings (SSSR count). The lowest BCUT2D eigenvalue weighted by Crippen LogP contribution is -2.37. The minimum atomic E-state index is -0.335. The van der Waals surface area contributed by atoms with E-state index < -0.39 is 0 Å². The summed E-state index contributed by atoms with van der Waals surface area (Å²) in [4.78, 5) is 27.6. The van der Waals surface area contributed by atoms with Crippen molar-refractivity contribution in [1.29, 1.82) is 0 Å². The van der Waals surface area contributed by atoms with Gasteiger partial charge < -0.3 is 10.3 Å². The number of nitrogens with one attached hydrogen (secondary N) is 3. The molecular weight excluding hydrogens is 383 g/mol. The third-order valence-electron chi connectivity index (χ3n) is 6.00. The van der Waals surface area contributed by atoms with Crippen LogP contribution in [0.1, 0.15) is 47.8 Å². The highest BCUT2D eigenvalue weighted by molar-refractivity contribution is 5.98. The van der Waals surface area contributed by atoms with Crippen LogP contribution < -0.4 is 10.9 Å². The van der Waals surface area contributed by atoms with Crippen LogP contribution in [-0.4, -0.2) is 27.1 Å². The normalized spacial score (nSPS) is 19.2. The van der Waals surface area contributed by atoms with Crippen molar-refractivity contribution in [2.75, 3.05) is 0 Å². The van der Waals surface area contributed by atoms with Crippen LogP contribution >= 0.6 is 0 Å². The lowest BCUT2D eigenvalue weighted by Gasteiger charge is -2.29. The summed E-state index contributed by atoms with van der Waals surface area (Å²) in [6.07, 6.45) is 3.43. The van der Waals surface area contributed by atoms with E-state index in [1.165, 1.54) is 12.1 Å². The molecule has 1 saturated carbocycles. The van der Waals surface area contributed by atoms with E-state index in [1.807, 2.05) is 24.3 Å². The van der Waals surface area contributed by atoms with Crippen molar-refractivity contribution in [3.05, 3.63) is 76.1 Å². The molecule has 0 unspecified atom stereocenters. The molecule has 6 nitrogen and oxygen atoms in total. The summed E-state index contributed by atoms with van der Waals surface area (Å²) < 4.78 is 13.4. The van der Waals surface area contributed by atoms with E-state index in [1.54, 1.807) is 12.1 Å². The Bertz CT molecular complexity index is 1300. The Morgan fingerprint density at radius 3 is 2.60 bits per heavy atom. The average molecular weight is 404 g/mol. The molecule has 0 radical (unpaired) electrons. The summed E-state index contributed by atoms with van der Waals surface area (Å²) in [7, 11) is 0. The number of carbonyl (C=O) groups is 1. The molecule has 3 N–H and O–H groups in total. The van der Waals surface area contributed by atoms with Gasteiger partial charge in [0.1, 0.15) is 11.5 Å². The average Bonchev–Trinajstić information content (AvgIpc) is 3.18. The van der Waals surface area contributed by atoms with Gasteiger partial charge in [-0.2, -0.15) is 5.10 Å². The highest BCUT2D eigenvalue weighted by atomic mass is 19.1. The number of amides is 1. The number of nitrogens with zero attached hydrogens (tertiary/aromatic N) is 1. The minimum absolute atomic E-state index is 0.0749. The fourth-order valence-electron chi connectivity index (χ4n) is 4.44. The van der Waals surface area contributed by atoms with Crippen molar-refractivity contribution in [2.45, 2.75) is 37.6 Å². The van der Waals surface area contributed by atoms with E-state index >= 15 is 0 Å². The molecule has 0 atom stereocenters. The first-order chi connectivity index (χ1) is 14.6. The first-order valence-corrected chi connectivity index (χ1v) is 10.1. The van der Waals surface area contributed by atoms with Crippen LogP contribution in [0.15, 0.2) is 53.3 Å². The summed E-state index contributed by atoms with van der Waals surface area (Å²) in [5.41, 5.74) is 1.80. The number of hydrogen-bond acceptors (Lipinski definition) is 3. The van der Waals surface area contributed by atoms with E-state index in [-0.39, 0.29) is 29.2 Å². The number of H-pyrrole nitrogens is 2. The van der Waals surface area contributed by atoms with Gasteiger partial charge in [0.2, 0.25) is 0 Å². The first kappa shape index (κ1) is 18.5. The second kappa shape index (κ2) is 7.40. The molecule has 30 heavy (non-hydrogen) atoms. The van der Waals surface area contributed by atoms with Crippen LogP contribution in [0.4, 0.5) is 4.39 Å². The van der Waals surface area contributed by atoms with Crippen LogP contribution in [0, 0.1) is 5.82 Å². The first-order valence-electron chi connectivity index (χ1n) is 10.1. The van der Waals surface area contributed by atoms with Crippen molar-refractivity contribution >= 4 is 27.6 Å². The molecule has 1 aliphatic carbocycles. The second-order valence-electron chi connectivity index (χ2n) is 7.92. The molecule has 2 aromatic heterocycles. The third kappa shape index (κ3) is 3.36. The van der Waals surface area contributed by atoms with Gasteiger partial charge in [0.15, 0.2) is 0 Å². The van der Waals surface area contributed by atoms with Crippen molar-refractivity contribution in [3.8, 4) is 0 Å². The summed E-state index contributed by atoms with van der Waals surface area (Å²) >= 11 is 0. The maximum atomic E-state index is 13.4. The molecule has 0 saturated heterocycles. The van der Waals surface area contributed by atoms with E-state index in [9.17, 15) is 14.0 Å². The number of carbonyl (C=O) groups excluding carboxylic acids is 1. The van der Waals surface area contributed by atoms with E-state index in [4.69, 9.17) is 0 Å². The van der Waals surface area contributed by atoms with Gasteiger partial charge in [-0.05, 0) is 56.0 Å². The molecule has 4 aromatic rings. The van der Waals surface area contributed by atoms with Crippen molar-refractivity contribution in [3.63, 3.8) is 0 Å². The zero-order valence-corrected chi connectivity index (χ0v) is 16.2. The standard InChI is InChI=1S/C23H21FN4O2/c24-15-8-5-14-11-20(26-19(14)12-15)23(30)25-16-9-6-13(7-10-16)21-17-3-1-2-4-18(17)22(29)28-27-21/h1-5,8,11-13,16,26H,6-7,9-10H2,(H,25,30)(H,28,29)/t13-,16-. The molecule has 0 spiro atoms. The van der Waals surface area contributed by atoms with Gasteiger partial charge in [0.25, 0.3) is 11.5 Å². The summed E-state index contributed by atoms with van der Waals surface area (Å²) in [6.45, 7) is 0. The number of hydrogen-bond donors (Lipinski definition) is 3. The van der Waals surface area contributed by atoms with Crippen LogP contribution in [-0.2, 0) is 0 Å². The van der Waals surface area contributed by atoms with Gasteiger partial charge in [-0.15, -0.1) is 0 Å². The number of halogens is 1. The predicted molar refractivity (Wildman–Crippen MR) is 113 cm³/mol. The largest absolute Gasteiger partial charge is 0.350 e. The number of rotatable bonds is 3. The molecule has 1 aliphatic rings. The van der Waals surface area contributed by atoms with Crippen LogP contribution in [0.5, 0.6) is 0 Å². The highest BCUT2D eigenvalue weighted by Crippen LogP contribution is 2.34. The van der Waals surface area contributed by atoms with Crippen molar-refractivity contribution in [1.82, 2.24) is 20.5 Å². The topological polar surface area (TPSA) is 90.6 Å². The predicted octanol–water partition coefficient (Wildman–Crippen LogP) is 4.00. The molecular formula is C23H21FN4O2. The molecule has 2 aromatic carbocycles. The monoisotopic (exact) mass is 404 g/mol. The molecule has 0 bridgehead atoms. The van der Waals surface area contributed by atoms with Gasteiger partial charge in [0.05, 0.1) is 11.1 Å². The van der Waals surface area contributed by atoms with Crippen LogP contribution in [0.3, 0.4) is 0 Å². The van der Waals surface area contributed by atoms with Crippen molar-refractivity contribution < 1.29 is 9.18 Å². The molecule has 7 heteroatoms. The van der Waals surface area contributed by atoms with Gasteiger partial charge in [-0.3, -0.25) is 9.59 Å². The Morgan fingerprint density at radius 2 is 1.80 bits per heavy atom. The Balaban J connectivity index is 1.27. The fraction of sp³-hybridized carbons (Fsp3) is 0.261.